The van der Waals surface area contributed by atoms with Gasteiger partial charge in [0.1, 0.15) is 5.75 Å². The van der Waals surface area contributed by atoms with Gasteiger partial charge in [-0.3, -0.25) is 9.59 Å². The Morgan fingerprint density at radius 1 is 0.969 bits per heavy atom. The molecule has 0 aliphatic carbocycles. The van der Waals surface area contributed by atoms with Gasteiger partial charge in [0.15, 0.2) is 6.61 Å². The van der Waals surface area contributed by atoms with Crippen molar-refractivity contribution in [2.75, 3.05) is 37.7 Å². The highest BCUT2D eigenvalue weighted by Crippen LogP contribution is 2.21. The van der Waals surface area contributed by atoms with E-state index in [-0.39, 0.29) is 24.5 Å². The fourth-order valence-corrected chi connectivity index (χ4v) is 4.46. The molecule has 2 amide bonds. The highest BCUT2D eigenvalue weighted by molar-refractivity contribution is 5.94. The number of rotatable bonds is 6. The smallest absolute Gasteiger partial charge is 0.260 e. The summed E-state index contributed by atoms with van der Waals surface area (Å²) in [4.78, 5) is 29.2. The first kappa shape index (κ1) is 22.2. The zero-order valence-electron chi connectivity index (χ0n) is 18.9. The van der Waals surface area contributed by atoms with Crippen molar-refractivity contribution in [3.05, 3.63) is 59.7 Å². The topological polar surface area (TPSA) is 61.9 Å². The summed E-state index contributed by atoms with van der Waals surface area (Å²) in [7, 11) is 0. The van der Waals surface area contributed by atoms with Crippen molar-refractivity contribution in [2.45, 2.75) is 45.1 Å². The molecule has 2 aliphatic heterocycles. The van der Waals surface area contributed by atoms with Crippen LogP contribution >= 0.6 is 0 Å². The first-order valence-electron chi connectivity index (χ1n) is 11.7. The number of hydrogen-bond acceptors (Lipinski definition) is 4. The summed E-state index contributed by atoms with van der Waals surface area (Å²) in [6, 6.07) is 15.8. The summed E-state index contributed by atoms with van der Waals surface area (Å²) in [5.74, 6) is 0.580. The monoisotopic (exact) mass is 435 g/mol. The molecule has 0 atom stereocenters. The fraction of sp³-hybridized carbons (Fsp3) is 0.462. The Morgan fingerprint density at radius 2 is 1.69 bits per heavy atom. The van der Waals surface area contributed by atoms with Crippen molar-refractivity contribution in [1.82, 2.24) is 10.2 Å². The van der Waals surface area contributed by atoms with Crippen LogP contribution in [-0.2, 0) is 4.79 Å². The van der Waals surface area contributed by atoms with Gasteiger partial charge in [-0.05, 0) is 81.0 Å². The van der Waals surface area contributed by atoms with Crippen LogP contribution in [0.2, 0.25) is 0 Å². The van der Waals surface area contributed by atoms with Crippen LogP contribution in [0.1, 0.15) is 48.0 Å². The molecule has 2 aliphatic rings. The van der Waals surface area contributed by atoms with E-state index in [9.17, 15) is 9.59 Å². The summed E-state index contributed by atoms with van der Waals surface area (Å²) in [5.41, 5.74) is 3.13. The molecule has 2 heterocycles. The molecule has 0 bridgehead atoms. The van der Waals surface area contributed by atoms with Gasteiger partial charge in [-0.2, -0.15) is 0 Å². The normalized spacial score (nSPS) is 17.2. The maximum Gasteiger partial charge on any atom is 0.260 e. The second kappa shape index (κ2) is 10.5. The number of ether oxygens (including phenoxy) is 1. The first-order chi connectivity index (χ1) is 15.6. The lowest BCUT2D eigenvalue weighted by Crippen LogP contribution is -2.44. The zero-order valence-corrected chi connectivity index (χ0v) is 18.9. The summed E-state index contributed by atoms with van der Waals surface area (Å²) < 4.78 is 5.64. The van der Waals surface area contributed by atoms with Crippen LogP contribution in [0.4, 0.5) is 5.69 Å². The molecular formula is C26H33N3O3. The number of benzene rings is 2. The number of nitrogens with one attached hydrogen (secondary N) is 1. The minimum Gasteiger partial charge on any atom is -0.484 e. The van der Waals surface area contributed by atoms with E-state index in [1.54, 1.807) is 24.3 Å². The average molecular weight is 436 g/mol. The van der Waals surface area contributed by atoms with E-state index < -0.39 is 0 Å². The Hall–Kier alpha value is -3.02. The number of likely N-dealkylation sites (tertiary alicyclic amines) is 1. The van der Waals surface area contributed by atoms with Gasteiger partial charge in [-0.15, -0.1) is 0 Å². The minimum absolute atomic E-state index is 0.0310. The number of carbonyl (C=O) groups excluding carboxylic acids is 2. The standard InChI is InChI=1S/C26H33N3O3/c1-20-6-5-7-23(18-20)28-16-12-22(13-17-28)27-26(31)21-8-10-24(11-9-21)32-19-25(30)29-14-3-2-4-15-29/h5-11,18,22H,2-4,12-17,19H2,1H3,(H,27,31). The summed E-state index contributed by atoms with van der Waals surface area (Å²) in [6.07, 6.45) is 5.19. The molecule has 170 valence electrons. The Morgan fingerprint density at radius 3 is 2.38 bits per heavy atom. The Balaban J connectivity index is 1.22. The third-order valence-electron chi connectivity index (χ3n) is 6.38. The number of piperidine rings is 2. The maximum absolute atomic E-state index is 12.7. The van der Waals surface area contributed by atoms with E-state index in [4.69, 9.17) is 4.74 Å². The van der Waals surface area contributed by atoms with E-state index in [1.165, 1.54) is 17.7 Å². The Kier molecular flexibility index (Phi) is 7.30. The van der Waals surface area contributed by atoms with Gasteiger partial charge >= 0.3 is 0 Å². The van der Waals surface area contributed by atoms with Gasteiger partial charge in [0.25, 0.3) is 11.8 Å². The van der Waals surface area contributed by atoms with Gasteiger partial charge in [-0.25, -0.2) is 0 Å². The van der Waals surface area contributed by atoms with Gasteiger partial charge in [0.05, 0.1) is 0 Å². The van der Waals surface area contributed by atoms with Crippen LogP contribution in [0.25, 0.3) is 0 Å². The van der Waals surface area contributed by atoms with Gasteiger partial charge in [-0.1, -0.05) is 12.1 Å². The van der Waals surface area contributed by atoms with Gasteiger partial charge in [0, 0.05) is 43.5 Å². The highest BCUT2D eigenvalue weighted by Gasteiger charge is 2.22. The Bertz CT molecular complexity index is 914. The lowest BCUT2D eigenvalue weighted by Gasteiger charge is -2.34. The summed E-state index contributed by atoms with van der Waals surface area (Å²) in [6.45, 7) is 5.68. The zero-order chi connectivity index (χ0) is 22.3. The molecule has 0 aromatic heterocycles. The second-order valence-electron chi connectivity index (χ2n) is 8.83. The van der Waals surface area contributed by atoms with Gasteiger partial charge < -0.3 is 19.9 Å². The second-order valence-corrected chi connectivity index (χ2v) is 8.83. The summed E-state index contributed by atoms with van der Waals surface area (Å²) >= 11 is 0. The number of carbonyl (C=O) groups is 2. The highest BCUT2D eigenvalue weighted by atomic mass is 16.5. The fourth-order valence-electron chi connectivity index (χ4n) is 4.46. The third-order valence-corrected chi connectivity index (χ3v) is 6.38. The molecule has 0 spiro atoms. The van der Waals surface area contributed by atoms with Crippen molar-refractivity contribution >= 4 is 17.5 Å². The molecule has 0 unspecified atom stereocenters. The predicted octanol–water partition coefficient (Wildman–Crippen LogP) is 3.79. The molecule has 2 saturated heterocycles. The largest absolute Gasteiger partial charge is 0.484 e. The number of anilines is 1. The van der Waals surface area contributed by atoms with Crippen LogP contribution in [0, 0.1) is 6.92 Å². The Labute approximate surface area is 190 Å². The molecule has 6 heteroatoms. The quantitative estimate of drug-likeness (QED) is 0.750. The van der Waals surface area contributed by atoms with Gasteiger partial charge in [0.2, 0.25) is 0 Å². The number of aryl methyl sites for hydroxylation is 1. The molecule has 32 heavy (non-hydrogen) atoms. The molecule has 2 aromatic rings. The number of nitrogens with zero attached hydrogens (tertiary/aromatic N) is 2. The molecule has 6 nitrogen and oxygen atoms in total. The SMILES string of the molecule is Cc1cccc(N2CCC(NC(=O)c3ccc(OCC(=O)N4CCCCC4)cc3)CC2)c1. The molecule has 1 N–H and O–H groups in total. The minimum atomic E-state index is -0.0602. The van der Waals surface area contributed by atoms with E-state index in [0.29, 0.717) is 11.3 Å². The lowest BCUT2D eigenvalue weighted by atomic mass is 10.0. The van der Waals surface area contributed by atoms with Crippen LogP contribution < -0.4 is 15.0 Å². The molecule has 2 fully saturated rings. The van der Waals surface area contributed by atoms with Crippen molar-refractivity contribution in [3.63, 3.8) is 0 Å². The summed E-state index contributed by atoms with van der Waals surface area (Å²) in [5, 5.41) is 3.16. The van der Waals surface area contributed by atoms with E-state index in [2.05, 4.69) is 41.4 Å². The van der Waals surface area contributed by atoms with Crippen LogP contribution in [-0.4, -0.2) is 55.5 Å². The number of hydrogen-bond donors (Lipinski definition) is 1. The van der Waals surface area contributed by atoms with E-state index in [0.717, 1.165) is 51.9 Å². The molecule has 4 rings (SSSR count). The van der Waals surface area contributed by atoms with Crippen molar-refractivity contribution in [1.29, 1.82) is 0 Å². The predicted molar refractivity (Wildman–Crippen MR) is 126 cm³/mol. The van der Waals surface area contributed by atoms with Crippen molar-refractivity contribution in [3.8, 4) is 5.75 Å². The molecule has 0 saturated carbocycles. The molecular weight excluding hydrogens is 402 g/mol. The van der Waals surface area contributed by atoms with E-state index in [1.807, 2.05) is 4.90 Å². The lowest BCUT2D eigenvalue weighted by molar-refractivity contribution is -0.134. The van der Waals surface area contributed by atoms with Crippen LogP contribution in [0.5, 0.6) is 5.75 Å². The van der Waals surface area contributed by atoms with Crippen LogP contribution in [0.15, 0.2) is 48.5 Å². The molecule has 0 radical (unpaired) electrons. The van der Waals surface area contributed by atoms with Crippen molar-refractivity contribution in [2.24, 2.45) is 0 Å². The van der Waals surface area contributed by atoms with Crippen LogP contribution in [0.3, 0.4) is 0 Å². The van der Waals surface area contributed by atoms with Crippen molar-refractivity contribution < 1.29 is 14.3 Å². The average Bonchev–Trinajstić information content (AvgIpc) is 2.84. The molecule has 2 aromatic carbocycles. The maximum atomic E-state index is 12.7. The third kappa shape index (κ3) is 5.81. The first-order valence-corrected chi connectivity index (χ1v) is 11.7. The van der Waals surface area contributed by atoms with E-state index >= 15 is 0 Å². The number of amides is 2.